The minimum Gasteiger partial charge on any atom is -0.398 e. The van der Waals surface area contributed by atoms with Crippen LogP contribution in [0.1, 0.15) is 31.4 Å². The molecule has 0 saturated carbocycles. The van der Waals surface area contributed by atoms with Crippen LogP contribution < -0.4 is 5.73 Å². The first-order valence-electron chi connectivity index (χ1n) is 6.40. The molecule has 0 aliphatic heterocycles. The molecule has 1 aliphatic carbocycles. The van der Waals surface area contributed by atoms with Gasteiger partial charge in [-0.05, 0) is 54.0 Å². The lowest BCUT2D eigenvalue weighted by Gasteiger charge is -2.22. The van der Waals surface area contributed by atoms with Crippen LogP contribution in [-0.2, 0) is 0 Å². The molecule has 0 saturated heterocycles. The van der Waals surface area contributed by atoms with E-state index in [-0.39, 0.29) is 0 Å². The molecule has 1 aliphatic rings. The van der Waals surface area contributed by atoms with Crippen LogP contribution in [0.5, 0.6) is 0 Å². The standard InChI is InChI=1S/C16H18Cl2N/c1-9(2)12-6-7-13(16(18)15(12)17)11-5-4-10(3)14(19)8-11/h4-6,8-9H,7,19H2,1-3H3. The van der Waals surface area contributed by atoms with E-state index in [2.05, 4.69) is 20.3 Å². The second-order valence-corrected chi connectivity index (χ2v) is 5.95. The van der Waals surface area contributed by atoms with Crippen LogP contribution in [0.4, 0.5) is 5.69 Å². The predicted octanol–water partition coefficient (Wildman–Crippen LogP) is 5.28. The van der Waals surface area contributed by atoms with E-state index in [1.54, 1.807) is 0 Å². The lowest BCUT2D eigenvalue weighted by Crippen LogP contribution is -2.06. The number of nitrogen functional groups attached to an aromatic ring is 1. The van der Waals surface area contributed by atoms with E-state index in [1.165, 1.54) is 0 Å². The summed E-state index contributed by atoms with van der Waals surface area (Å²) in [4.78, 5) is 0. The van der Waals surface area contributed by atoms with Crippen molar-refractivity contribution < 1.29 is 0 Å². The maximum absolute atomic E-state index is 6.43. The normalized spacial score (nSPS) is 16.5. The topological polar surface area (TPSA) is 26.0 Å². The Morgan fingerprint density at radius 1 is 1.16 bits per heavy atom. The number of hydrogen-bond acceptors (Lipinski definition) is 1. The molecular weight excluding hydrogens is 277 g/mol. The first-order valence-corrected chi connectivity index (χ1v) is 7.15. The molecule has 101 valence electrons. The van der Waals surface area contributed by atoms with Crippen LogP contribution in [-0.4, -0.2) is 0 Å². The van der Waals surface area contributed by atoms with E-state index in [1.807, 2.05) is 25.1 Å². The summed E-state index contributed by atoms with van der Waals surface area (Å²) in [6.45, 7) is 6.23. The fourth-order valence-electron chi connectivity index (χ4n) is 2.21. The van der Waals surface area contributed by atoms with Crippen molar-refractivity contribution in [2.24, 2.45) is 5.92 Å². The quantitative estimate of drug-likeness (QED) is 0.738. The molecule has 2 rings (SSSR count). The zero-order valence-corrected chi connectivity index (χ0v) is 12.9. The third kappa shape index (κ3) is 2.82. The summed E-state index contributed by atoms with van der Waals surface area (Å²) in [6, 6.07) is 6.02. The Balaban J connectivity index is 2.48. The Kier molecular flexibility index (Phi) is 4.27. The van der Waals surface area contributed by atoms with Crippen molar-refractivity contribution in [3.63, 3.8) is 0 Å². The Morgan fingerprint density at radius 3 is 2.42 bits per heavy atom. The maximum Gasteiger partial charge on any atom is 0.0630 e. The summed E-state index contributed by atoms with van der Waals surface area (Å²) >= 11 is 12.8. The summed E-state index contributed by atoms with van der Waals surface area (Å²) < 4.78 is 0. The van der Waals surface area contributed by atoms with E-state index < -0.39 is 0 Å². The maximum atomic E-state index is 6.43. The number of benzene rings is 1. The van der Waals surface area contributed by atoms with Gasteiger partial charge in [-0.25, -0.2) is 0 Å². The second kappa shape index (κ2) is 5.60. The van der Waals surface area contributed by atoms with Crippen LogP contribution in [0.15, 0.2) is 33.8 Å². The van der Waals surface area contributed by atoms with Crippen molar-refractivity contribution in [2.45, 2.75) is 27.2 Å². The van der Waals surface area contributed by atoms with Gasteiger partial charge < -0.3 is 5.73 Å². The SMILES string of the molecule is Cc1ccc(C2=C(Cl)C(Cl)=C(C(C)C)[CH]C2)cc1N. The number of aryl methyl sites for hydroxylation is 1. The van der Waals surface area contributed by atoms with Gasteiger partial charge in [0.05, 0.1) is 10.1 Å². The highest BCUT2D eigenvalue weighted by atomic mass is 35.5. The summed E-state index contributed by atoms with van der Waals surface area (Å²) in [7, 11) is 0. The van der Waals surface area contributed by atoms with Crippen molar-refractivity contribution in [2.75, 3.05) is 5.73 Å². The van der Waals surface area contributed by atoms with Crippen molar-refractivity contribution >= 4 is 34.5 Å². The molecule has 1 nitrogen and oxygen atoms in total. The van der Waals surface area contributed by atoms with Gasteiger partial charge in [-0.3, -0.25) is 0 Å². The van der Waals surface area contributed by atoms with Gasteiger partial charge >= 0.3 is 0 Å². The van der Waals surface area contributed by atoms with E-state index in [0.717, 1.165) is 34.4 Å². The summed E-state index contributed by atoms with van der Waals surface area (Å²) in [5.74, 6) is 0.380. The van der Waals surface area contributed by atoms with Gasteiger partial charge in [0.2, 0.25) is 0 Å². The Bertz CT molecular complexity index is 568. The fourth-order valence-corrected chi connectivity index (χ4v) is 2.92. The molecule has 2 N–H and O–H groups in total. The van der Waals surface area contributed by atoms with Gasteiger partial charge in [0.15, 0.2) is 0 Å². The average molecular weight is 295 g/mol. The predicted molar refractivity (Wildman–Crippen MR) is 85.0 cm³/mol. The zero-order chi connectivity index (χ0) is 14.2. The number of rotatable bonds is 2. The van der Waals surface area contributed by atoms with Crippen molar-refractivity contribution in [3.8, 4) is 0 Å². The summed E-state index contributed by atoms with van der Waals surface area (Å²) in [6.07, 6.45) is 2.95. The highest BCUT2D eigenvalue weighted by molar-refractivity contribution is 6.46. The molecule has 0 fully saturated rings. The van der Waals surface area contributed by atoms with E-state index in [4.69, 9.17) is 28.9 Å². The molecule has 0 unspecified atom stereocenters. The second-order valence-electron chi connectivity index (χ2n) is 5.20. The van der Waals surface area contributed by atoms with Gasteiger partial charge in [0.1, 0.15) is 0 Å². The largest absolute Gasteiger partial charge is 0.398 e. The van der Waals surface area contributed by atoms with Crippen LogP contribution in [0.2, 0.25) is 0 Å². The Labute approximate surface area is 125 Å². The van der Waals surface area contributed by atoms with Crippen molar-refractivity contribution in [1.29, 1.82) is 0 Å². The Hall–Kier alpha value is -0.920. The molecule has 19 heavy (non-hydrogen) atoms. The van der Waals surface area contributed by atoms with Crippen LogP contribution >= 0.6 is 23.2 Å². The summed E-state index contributed by atoms with van der Waals surface area (Å²) in [5.41, 5.74) is 11.0. The van der Waals surface area contributed by atoms with Gasteiger partial charge in [0.25, 0.3) is 0 Å². The van der Waals surface area contributed by atoms with Crippen LogP contribution in [0, 0.1) is 19.3 Å². The average Bonchev–Trinajstić information content (AvgIpc) is 2.36. The highest BCUT2D eigenvalue weighted by Gasteiger charge is 2.22. The fraction of sp³-hybridized carbons (Fsp3) is 0.312. The lowest BCUT2D eigenvalue weighted by atomic mass is 9.87. The number of hydrogen-bond donors (Lipinski definition) is 1. The third-order valence-electron chi connectivity index (χ3n) is 3.49. The Morgan fingerprint density at radius 2 is 1.84 bits per heavy atom. The molecule has 0 atom stereocenters. The minimum absolute atomic E-state index is 0.380. The molecule has 0 aromatic heterocycles. The molecule has 1 aromatic carbocycles. The first kappa shape index (κ1) is 14.5. The number of allylic oxidation sites excluding steroid dienone is 4. The van der Waals surface area contributed by atoms with Gasteiger partial charge in [-0.15, -0.1) is 0 Å². The van der Waals surface area contributed by atoms with Gasteiger partial charge in [0, 0.05) is 5.69 Å². The number of anilines is 1. The molecule has 1 aromatic rings. The van der Waals surface area contributed by atoms with Crippen molar-refractivity contribution in [3.05, 3.63) is 51.4 Å². The summed E-state index contributed by atoms with van der Waals surface area (Å²) in [5, 5.41) is 1.31. The molecule has 1 radical (unpaired) electrons. The molecule has 0 bridgehead atoms. The molecule has 3 heteroatoms. The third-order valence-corrected chi connectivity index (χ3v) is 4.41. The molecule has 0 heterocycles. The zero-order valence-electron chi connectivity index (χ0n) is 11.4. The first-order chi connectivity index (χ1) is 8.91. The minimum atomic E-state index is 0.380. The molecular formula is C16H18Cl2N. The van der Waals surface area contributed by atoms with Crippen molar-refractivity contribution in [1.82, 2.24) is 0 Å². The molecule has 0 spiro atoms. The lowest BCUT2D eigenvalue weighted by molar-refractivity contribution is 0.764. The van der Waals surface area contributed by atoms with Gasteiger partial charge in [-0.2, -0.15) is 0 Å². The smallest absolute Gasteiger partial charge is 0.0630 e. The van der Waals surface area contributed by atoms with Crippen LogP contribution in [0.3, 0.4) is 0 Å². The number of nitrogens with two attached hydrogens (primary N) is 1. The van der Waals surface area contributed by atoms with E-state index in [9.17, 15) is 0 Å². The van der Waals surface area contributed by atoms with Crippen LogP contribution in [0.25, 0.3) is 5.57 Å². The van der Waals surface area contributed by atoms with Gasteiger partial charge in [-0.1, -0.05) is 49.2 Å². The van der Waals surface area contributed by atoms with E-state index in [0.29, 0.717) is 16.0 Å². The number of halogens is 2. The monoisotopic (exact) mass is 294 g/mol. The highest BCUT2D eigenvalue weighted by Crippen LogP contribution is 2.42. The van der Waals surface area contributed by atoms with E-state index >= 15 is 0 Å². The molecule has 0 amide bonds.